The topological polar surface area (TPSA) is 12.4 Å². The van der Waals surface area contributed by atoms with Crippen LogP contribution in [0.5, 0.6) is 0 Å². The second-order valence-electron chi connectivity index (χ2n) is 2.60. The maximum Gasteiger partial charge on any atom is 0.0644 e. The molecule has 58 valence electrons. The summed E-state index contributed by atoms with van der Waals surface area (Å²) < 4.78 is 0. The van der Waals surface area contributed by atoms with Crippen LogP contribution in [0.2, 0.25) is 0 Å². The van der Waals surface area contributed by atoms with Gasteiger partial charge in [-0.15, -0.1) is 0 Å². The number of aliphatic imine (C=N–C) groups is 1. The Hall–Kier alpha value is -1.11. The van der Waals surface area contributed by atoms with Gasteiger partial charge in [-0.1, -0.05) is 18.7 Å². The lowest BCUT2D eigenvalue weighted by Gasteiger charge is -1.95. The molecule has 0 saturated heterocycles. The van der Waals surface area contributed by atoms with Crippen molar-refractivity contribution in [2.75, 3.05) is 6.54 Å². The van der Waals surface area contributed by atoms with Crippen LogP contribution in [0.15, 0.2) is 40.9 Å². The third-order valence-electron chi connectivity index (χ3n) is 1.75. The van der Waals surface area contributed by atoms with E-state index in [9.17, 15) is 0 Å². The van der Waals surface area contributed by atoms with E-state index in [2.05, 4.69) is 24.6 Å². The Kier molecular flexibility index (Phi) is 2.42. The third kappa shape index (κ3) is 1.48. The van der Waals surface area contributed by atoms with Gasteiger partial charge in [0.05, 0.1) is 12.3 Å². The van der Waals surface area contributed by atoms with E-state index in [0.717, 1.165) is 12.3 Å². The number of allylic oxidation sites excluding steroid dienone is 4. The zero-order valence-electron chi connectivity index (χ0n) is 7.09. The molecule has 1 nitrogen and oxygen atoms in total. The van der Waals surface area contributed by atoms with Crippen molar-refractivity contribution in [2.45, 2.75) is 13.8 Å². The first kappa shape index (κ1) is 7.99. The third-order valence-corrected chi connectivity index (χ3v) is 1.75. The van der Waals surface area contributed by atoms with Crippen molar-refractivity contribution in [3.05, 3.63) is 36.0 Å². The second kappa shape index (κ2) is 3.33. The Morgan fingerprint density at radius 2 is 2.27 bits per heavy atom. The minimum atomic E-state index is 0.834. The van der Waals surface area contributed by atoms with Crippen LogP contribution in [-0.4, -0.2) is 12.3 Å². The van der Waals surface area contributed by atoms with Crippen molar-refractivity contribution < 1.29 is 0 Å². The van der Waals surface area contributed by atoms with Gasteiger partial charge in [0.25, 0.3) is 0 Å². The molecule has 0 bridgehead atoms. The molecule has 0 spiro atoms. The Morgan fingerprint density at radius 1 is 1.55 bits per heavy atom. The molecule has 11 heavy (non-hydrogen) atoms. The maximum atomic E-state index is 4.31. The Morgan fingerprint density at radius 3 is 2.82 bits per heavy atom. The van der Waals surface area contributed by atoms with Gasteiger partial charge in [0.1, 0.15) is 0 Å². The van der Waals surface area contributed by atoms with Crippen molar-refractivity contribution in [1.82, 2.24) is 0 Å². The lowest BCUT2D eigenvalue weighted by molar-refractivity contribution is 1.17. The molecule has 0 saturated carbocycles. The largest absolute Gasteiger partial charge is 0.280 e. The summed E-state index contributed by atoms with van der Waals surface area (Å²) in [5.74, 6) is 0. The van der Waals surface area contributed by atoms with Gasteiger partial charge < -0.3 is 0 Å². The molecule has 0 unspecified atom stereocenters. The smallest absolute Gasteiger partial charge is 0.0644 e. The maximum absolute atomic E-state index is 4.31. The minimum absolute atomic E-state index is 0.834. The van der Waals surface area contributed by atoms with E-state index in [0.29, 0.717) is 0 Å². The highest BCUT2D eigenvalue weighted by atomic mass is 14.8. The summed E-state index contributed by atoms with van der Waals surface area (Å²) in [4.78, 5) is 4.31. The van der Waals surface area contributed by atoms with Gasteiger partial charge in [-0.2, -0.15) is 0 Å². The fraction of sp³-hybridized carbons (Fsp3) is 0.300. The molecule has 0 aromatic heterocycles. The highest BCUT2D eigenvalue weighted by Crippen LogP contribution is 2.16. The summed E-state index contributed by atoms with van der Waals surface area (Å²) in [5.41, 5.74) is 3.60. The van der Waals surface area contributed by atoms with Gasteiger partial charge in [0.2, 0.25) is 0 Å². The lowest BCUT2D eigenvalue weighted by Crippen LogP contribution is -1.91. The molecule has 0 radical (unpaired) electrons. The minimum Gasteiger partial charge on any atom is -0.280 e. The molecular weight excluding hydrogens is 134 g/mol. The lowest BCUT2D eigenvalue weighted by atomic mass is 10.1. The molecule has 0 aromatic rings. The molecule has 0 aliphatic carbocycles. The highest BCUT2D eigenvalue weighted by Gasteiger charge is 2.09. The van der Waals surface area contributed by atoms with Crippen molar-refractivity contribution in [2.24, 2.45) is 4.99 Å². The normalized spacial score (nSPS) is 17.8. The summed E-state index contributed by atoms with van der Waals surface area (Å²) in [6.45, 7) is 8.66. The van der Waals surface area contributed by atoms with E-state index in [1.807, 2.05) is 19.1 Å². The van der Waals surface area contributed by atoms with Crippen LogP contribution in [0.3, 0.4) is 0 Å². The van der Waals surface area contributed by atoms with Gasteiger partial charge in [-0.3, -0.25) is 4.99 Å². The van der Waals surface area contributed by atoms with E-state index < -0.39 is 0 Å². The number of nitrogens with zero attached hydrogens (tertiary/aromatic N) is 1. The highest BCUT2D eigenvalue weighted by molar-refractivity contribution is 6.12. The molecule has 1 rings (SSSR count). The average Bonchev–Trinajstić information content (AvgIpc) is 2.34. The van der Waals surface area contributed by atoms with Crippen LogP contribution >= 0.6 is 0 Å². The predicted molar refractivity (Wildman–Crippen MR) is 50.0 cm³/mol. The summed E-state index contributed by atoms with van der Waals surface area (Å²) in [6, 6.07) is 0. The fourth-order valence-corrected chi connectivity index (χ4v) is 1.16. The molecule has 0 atom stereocenters. The molecule has 0 aromatic carbocycles. The monoisotopic (exact) mass is 147 g/mol. The van der Waals surface area contributed by atoms with Gasteiger partial charge in [-0.25, -0.2) is 0 Å². The van der Waals surface area contributed by atoms with Crippen molar-refractivity contribution in [3.63, 3.8) is 0 Å². The van der Waals surface area contributed by atoms with Gasteiger partial charge >= 0.3 is 0 Å². The number of hydrogen-bond acceptors (Lipinski definition) is 1. The van der Waals surface area contributed by atoms with E-state index in [1.165, 1.54) is 11.1 Å². The summed E-state index contributed by atoms with van der Waals surface area (Å²) in [5, 5.41) is 0. The van der Waals surface area contributed by atoms with Crippen LogP contribution < -0.4 is 0 Å². The van der Waals surface area contributed by atoms with Crippen molar-refractivity contribution in [3.8, 4) is 0 Å². The molecule has 1 aliphatic heterocycles. The van der Waals surface area contributed by atoms with Gasteiger partial charge in [0, 0.05) is 5.57 Å². The average molecular weight is 147 g/mol. The summed E-state index contributed by atoms with van der Waals surface area (Å²) >= 11 is 0. The van der Waals surface area contributed by atoms with Crippen LogP contribution in [-0.2, 0) is 0 Å². The molecule has 1 heteroatoms. The van der Waals surface area contributed by atoms with E-state index >= 15 is 0 Å². The summed E-state index contributed by atoms with van der Waals surface area (Å²) in [6.07, 6.45) is 5.93. The zero-order valence-corrected chi connectivity index (χ0v) is 7.09. The predicted octanol–water partition coefficient (Wildman–Crippen LogP) is 2.52. The van der Waals surface area contributed by atoms with Crippen molar-refractivity contribution in [1.29, 1.82) is 0 Å². The molecule has 0 fully saturated rings. The van der Waals surface area contributed by atoms with Crippen LogP contribution in [0.25, 0.3) is 0 Å². The second-order valence-corrected chi connectivity index (χ2v) is 2.60. The van der Waals surface area contributed by atoms with Crippen LogP contribution in [0.4, 0.5) is 0 Å². The summed E-state index contributed by atoms with van der Waals surface area (Å²) in [7, 11) is 0. The van der Waals surface area contributed by atoms with E-state index in [4.69, 9.17) is 0 Å². The Bertz CT molecular complexity index is 254. The SMILES string of the molecule is C=CC1=NCC(C)=C1/C=C\C. The number of rotatable bonds is 2. The molecule has 1 aliphatic rings. The van der Waals surface area contributed by atoms with Gasteiger partial charge in [-0.05, 0) is 25.5 Å². The van der Waals surface area contributed by atoms with Crippen LogP contribution in [0.1, 0.15) is 13.8 Å². The Balaban J connectivity index is 2.96. The van der Waals surface area contributed by atoms with E-state index in [1.54, 1.807) is 0 Å². The number of hydrogen-bond donors (Lipinski definition) is 0. The standard InChI is InChI=1S/C10H13N/c1-4-6-9-8(3)7-11-10(9)5-2/h4-6H,2,7H2,1,3H3/b6-4-. The van der Waals surface area contributed by atoms with Crippen molar-refractivity contribution >= 4 is 5.71 Å². The Labute approximate surface area is 67.8 Å². The van der Waals surface area contributed by atoms with Gasteiger partial charge in [0.15, 0.2) is 0 Å². The molecule has 0 amide bonds. The molecule has 1 heterocycles. The first-order valence-corrected chi connectivity index (χ1v) is 3.79. The first-order valence-electron chi connectivity index (χ1n) is 3.79. The quantitative estimate of drug-likeness (QED) is 0.569. The van der Waals surface area contributed by atoms with Crippen LogP contribution in [0, 0.1) is 0 Å². The molecular formula is C10H13N. The molecule has 0 N–H and O–H groups in total. The zero-order chi connectivity index (χ0) is 8.27. The van der Waals surface area contributed by atoms with E-state index in [-0.39, 0.29) is 0 Å². The fourth-order valence-electron chi connectivity index (χ4n) is 1.16. The first-order chi connectivity index (χ1) is 5.29.